The van der Waals surface area contributed by atoms with Crippen LogP contribution in [0.25, 0.3) is 0 Å². The van der Waals surface area contributed by atoms with Crippen LogP contribution in [0.4, 0.5) is 0 Å². The molecule has 4 nitrogen and oxygen atoms in total. The van der Waals surface area contributed by atoms with Crippen LogP contribution in [0, 0.1) is 5.41 Å². The second kappa shape index (κ2) is 8.36. The maximum Gasteiger partial charge on any atom is 0.341 e. The Morgan fingerprint density at radius 2 is 1.75 bits per heavy atom. The molecule has 2 aromatic rings. The Morgan fingerprint density at radius 3 is 2.50 bits per heavy atom. The van der Waals surface area contributed by atoms with E-state index in [9.17, 15) is 4.79 Å². The van der Waals surface area contributed by atoms with Gasteiger partial charge in [-0.05, 0) is 29.9 Å². The number of carboxylic acid groups (broad SMARTS) is 1. The Kier molecular flexibility index (Phi) is 5.67. The third-order valence-corrected chi connectivity index (χ3v) is 6.49. The molecule has 0 bridgehead atoms. The summed E-state index contributed by atoms with van der Waals surface area (Å²) in [7, 11) is 0. The predicted octanol–water partition coefficient (Wildman–Crippen LogP) is 4.70. The van der Waals surface area contributed by atoms with Crippen molar-refractivity contribution in [2.75, 3.05) is 19.7 Å². The zero-order valence-corrected chi connectivity index (χ0v) is 16.3. The van der Waals surface area contributed by atoms with Gasteiger partial charge in [-0.3, -0.25) is 4.90 Å². The second-order valence-electron chi connectivity index (χ2n) is 8.35. The molecule has 1 atom stereocenters. The molecular weight excluding hydrogens is 350 g/mol. The standard InChI is InChI=1S/C24H29NO3/c26-23(27)17-28-22-12-6-5-11-20(22)15-25-16-21(19-9-3-1-4-10-19)24(18-25)13-7-2-8-14-24/h1,3-6,9-12,21H,2,7-8,13-18H2,(H,26,27). The number of aliphatic carboxylic acids is 1. The Morgan fingerprint density at radius 1 is 1.04 bits per heavy atom. The number of hydrogen-bond donors (Lipinski definition) is 1. The van der Waals surface area contributed by atoms with Crippen molar-refractivity contribution >= 4 is 5.97 Å². The lowest BCUT2D eigenvalue weighted by atomic mass is 9.66. The number of hydrogen-bond acceptors (Lipinski definition) is 3. The molecule has 1 aliphatic carbocycles. The number of benzene rings is 2. The summed E-state index contributed by atoms with van der Waals surface area (Å²) in [6.07, 6.45) is 6.63. The van der Waals surface area contributed by atoms with Crippen molar-refractivity contribution in [1.29, 1.82) is 0 Å². The van der Waals surface area contributed by atoms with Crippen LogP contribution in [-0.2, 0) is 11.3 Å². The highest BCUT2D eigenvalue weighted by Crippen LogP contribution is 2.52. The predicted molar refractivity (Wildman–Crippen MR) is 110 cm³/mol. The van der Waals surface area contributed by atoms with Crippen molar-refractivity contribution in [2.45, 2.75) is 44.6 Å². The number of rotatable bonds is 6. The van der Waals surface area contributed by atoms with Crippen molar-refractivity contribution < 1.29 is 14.6 Å². The summed E-state index contributed by atoms with van der Waals surface area (Å²) in [4.78, 5) is 13.4. The van der Waals surface area contributed by atoms with Gasteiger partial charge in [0.15, 0.2) is 6.61 Å². The van der Waals surface area contributed by atoms with Crippen LogP contribution in [0.5, 0.6) is 5.75 Å². The fourth-order valence-electron chi connectivity index (χ4n) is 5.25. The van der Waals surface area contributed by atoms with Crippen molar-refractivity contribution in [1.82, 2.24) is 4.90 Å². The molecule has 1 aliphatic heterocycles. The van der Waals surface area contributed by atoms with Crippen LogP contribution in [0.1, 0.15) is 49.1 Å². The van der Waals surface area contributed by atoms with Gasteiger partial charge in [0.2, 0.25) is 0 Å². The SMILES string of the molecule is O=C(O)COc1ccccc1CN1CC(c2ccccc2)C2(CCCCC2)C1. The number of para-hydroxylation sites is 1. The lowest BCUT2D eigenvalue weighted by Gasteiger charge is -2.38. The largest absolute Gasteiger partial charge is 0.482 e. The number of ether oxygens (including phenoxy) is 1. The van der Waals surface area contributed by atoms with Gasteiger partial charge in [0.05, 0.1) is 0 Å². The van der Waals surface area contributed by atoms with E-state index >= 15 is 0 Å². The molecule has 1 saturated carbocycles. The number of carboxylic acids is 1. The zero-order valence-electron chi connectivity index (χ0n) is 16.3. The maximum atomic E-state index is 10.9. The summed E-state index contributed by atoms with van der Waals surface area (Å²) in [5.41, 5.74) is 2.90. The molecule has 4 heteroatoms. The minimum absolute atomic E-state index is 0.298. The topological polar surface area (TPSA) is 49.8 Å². The fourth-order valence-corrected chi connectivity index (χ4v) is 5.25. The van der Waals surface area contributed by atoms with Gasteiger partial charge in [-0.25, -0.2) is 4.79 Å². The van der Waals surface area contributed by atoms with Gasteiger partial charge in [0, 0.05) is 31.1 Å². The second-order valence-corrected chi connectivity index (χ2v) is 8.35. The molecule has 1 N–H and O–H groups in total. The van der Waals surface area contributed by atoms with E-state index in [0.29, 0.717) is 17.1 Å². The maximum absolute atomic E-state index is 10.9. The molecule has 0 radical (unpaired) electrons. The third kappa shape index (κ3) is 4.07. The third-order valence-electron chi connectivity index (χ3n) is 6.49. The van der Waals surface area contributed by atoms with Gasteiger partial charge >= 0.3 is 5.97 Å². The van der Waals surface area contributed by atoms with Crippen molar-refractivity contribution in [3.05, 3.63) is 65.7 Å². The van der Waals surface area contributed by atoms with Gasteiger partial charge < -0.3 is 9.84 Å². The molecule has 0 aromatic heterocycles. The Bertz CT molecular complexity index is 799. The van der Waals surface area contributed by atoms with E-state index < -0.39 is 5.97 Å². The normalized spacial score (nSPS) is 21.6. The van der Waals surface area contributed by atoms with Crippen LogP contribution in [-0.4, -0.2) is 35.7 Å². The molecule has 1 spiro atoms. The van der Waals surface area contributed by atoms with Crippen molar-refractivity contribution in [3.8, 4) is 5.75 Å². The summed E-state index contributed by atoms with van der Waals surface area (Å²) >= 11 is 0. The molecule has 2 aliphatic rings. The minimum Gasteiger partial charge on any atom is -0.482 e. The van der Waals surface area contributed by atoms with Gasteiger partial charge in [-0.2, -0.15) is 0 Å². The first-order valence-electron chi connectivity index (χ1n) is 10.4. The summed E-state index contributed by atoms with van der Waals surface area (Å²) in [6.45, 7) is 2.67. The molecule has 4 rings (SSSR count). The van der Waals surface area contributed by atoms with Crippen LogP contribution in [0.3, 0.4) is 0 Å². The molecule has 28 heavy (non-hydrogen) atoms. The lowest BCUT2D eigenvalue weighted by molar-refractivity contribution is -0.139. The Hall–Kier alpha value is -2.33. The van der Waals surface area contributed by atoms with Crippen LogP contribution in [0.2, 0.25) is 0 Å². The highest BCUT2D eigenvalue weighted by Gasteiger charge is 2.47. The first kappa shape index (κ1) is 19.0. The minimum atomic E-state index is -0.943. The van der Waals surface area contributed by atoms with E-state index in [-0.39, 0.29) is 6.61 Å². The summed E-state index contributed by atoms with van der Waals surface area (Å²) in [5.74, 6) is 0.313. The molecule has 1 unspecified atom stereocenters. The van der Waals surface area contributed by atoms with Gasteiger partial charge in [0.1, 0.15) is 5.75 Å². The van der Waals surface area contributed by atoms with E-state index in [2.05, 4.69) is 41.3 Å². The van der Waals surface area contributed by atoms with Crippen LogP contribution < -0.4 is 4.74 Å². The molecular formula is C24H29NO3. The number of likely N-dealkylation sites (tertiary alicyclic amines) is 1. The van der Waals surface area contributed by atoms with E-state index in [0.717, 1.165) is 25.2 Å². The Labute approximate surface area is 167 Å². The Balaban J connectivity index is 1.54. The summed E-state index contributed by atoms with van der Waals surface area (Å²) in [6, 6.07) is 18.8. The highest BCUT2D eigenvalue weighted by molar-refractivity contribution is 5.68. The molecule has 0 amide bonds. The molecule has 2 fully saturated rings. The van der Waals surface area contributed by atoms with Crippen molar-refractivity contribution in [2.24, 2.45) is 5.41 Å². The molecule has 2 aromatic carbocycles. The van der Waals surface area contributed by atoms with Gasteiger partial charge in [-0.1, -0.05) is 67.8 Å². The first-order valence-corrected chi connectivity index (χ1v) is 10.4. The zero-order chi connectivity index (χ0) is 19.4. The van der Waals surface area contributed by atoms with Crippen LogP contribution in [0.15, 0.2) is 54.6 Å². The average molecular weight is 380 g/mol. The first-order chi connectivity index (χ1) is 13.7. The molecule has 1 saturated heterocycles. The summed E-state index contributed by atoms with van der Waals surface area (Å²) < 4.78 is 5.53. The number of nitrogens with zero attached hydrogens (tertiary/aromatic N) is 1. The fraction of sp³-hybridized carbons (Fsp3) is 0.458. The monoisotopic (exact) mass is 379 g/mol. The summed E-state index contributed by atoms with van der Waals surface area (Å²) in [5, 5.41) is 8.94. The highest BCUT2D eigenvalue weighted by atomic mass is 16.5. The van der Waals surface area contributed by atoms with E-state index in [1.54, 1.807) is 0 Å². The smallest absolute Gasteiger partial charge is 0.341 e. The van der Waals surface area contributed by atoms with Gasteiger partial charge in [-0.15, -0.1) is 0 Å². The average Bonchev–Trinajstić information content (AvgIpc) is 3.05. The van der Waals surface area contributed by atoms with E-state index in [4.69, 9.17) is 9.84 Å². The van der Waals surface area contributed by atoms with Gasteiger partial charge in [0.25, 0.3) is 0 Å². The lowest BCUT2D eigenvalue weighted by Crippen LogP contribution is -2.32. The van der Waals surface area contributed by atoms with Crippen LogP contribution >= 0.6 is 0 Å². The number of carbonyl (C=O) groups is 1. The van der Waals surface area contributed by atoms with E-state index in [1.807, 2.05) is 18.2 Å². The van der Waals surface area contributed by atoms with E-state index in [1.165, 1.54) is 37.7 Å². The van der Waals surface area contributed by atoms with Crippen molar-refractivity contribution in [3.63, 3.8) is 0 Å². The molecule has 1 heterocycles. The quantitative estimate of drug-likeness (QED) is 0.790. The molecule has 148 valence electrons.